The van der Waals surface area contributed by atoms with E-state index in [4.69, 9.17) is 0 Å². The summed E-state index contributed by atoms with van der Waals surface area (Å²) in [5.41, 5.74) is 4.42. The Morgan fingerprint density at radius 2 is 1.76 bits per heavy atom. The zero-order chi connectivity index (χ0) is 19.8. The van der Waals surface area contributed by atoms with Crippen LogP contribution in [0.2, 0.25) is 0 Å². The van der Waals surface area contributed by atoms with Gasteiger partial charge in [0.25, 0.3) is 11.8 Å². The molecule has 2 amide bonds. The summed E-state index contributed by atoms with van der Waals surface area (Å²) in [4.78, 5) is 29.9. The summed E-state index contributed by atoms with van der Waals surface area (Å²) in [6.07, 6.45) is 5.08. The number of hydrogen-bond donors (Lipinski definition) is 1. The number of aryl methyl sites for hydroxylation is 2. The van der Waals surface area contributed by atoms with Gasteiger partial charge in [-0.1, -0.05) is 12.1 Å². The zero-order valence-corrected chi connectivity index (χ0v) is 16.7. The lowest BCUT2D eigenvalue weighted by molar-refractivity contribution is 0.0746. The number of rotatable bonds is 2. The van der Waals surface area contributed by atoms with Gasteiger partial charge in [-0.05, 0) is 49.8 Å². The molecule has 2 aromatic rings. The Morgan fingerprint density at radius 1 is 0.931 bits per heavy atom. The number of benzene rings is 1. The fourth-order valence-electron chi connectivity index (χ4n) is 4.68. The highest BCUT2D eigenvalue weighted by molar-refractivity contribution is 6.00. The molecule has 0 unspecified atom stereocenters. The van der Waals surface area contributed by atoms with Gasteiger partial charge in [-0.2, -0.15) is 5.10 Å². The van der Waals surface area contributed by atoms with Crippen LogP contribution in [-0.2, 0) is 19.5 Å². The Labute approximate surface area is 170 Å². The number of carbonyl (C=O) groups is 2. The Kier molecular flexibility index (Phi) is 4.73. The molecule has 5 rings (SSSR count). The van der Waals surface area contributed by atoms with Crippen LogP contribution in [0.4, 0.5) is 5.69 Å². The van der Waals surface area contributed by atoms with Crippen molar-refractivity contribution in [3.05, 3.63) is 46.8 Å². The second-order valence-electron chi connectivity index (χ2n) is 8.19. The Balaban J connectivity index is 1.38. The number of likely N-dealkylation sites (tertiary alicyclic amines) is 1. The largest absolute Gasteiger partial charge is 0.384 e. The predicted molar refractivity (Wildman–Crippen MR) is 110 cm³/mol. The number of anilines is 1. The molecule has 0 aliphatic carbocycles. The van der Waals surface area contributed by atoms with Gasteiger partial charge in [-0.3, -0.25) is 14.3 Å². The summed E-state index contributed by atoms with van der Waals surface area (Å²) in [5, 5.41) is 7.99. The highest BCUT2D eigenvalue weighted by atomic mass is 16.2. The third-order valence-electron chi connectivity index (χ3n) is 6.22. The number of fused-ring (bicyclic) bond motifs is 2. The molecule has 1 saturated heterocycles. The molecule has 0 atom stereocenters. The van der Waals surface area contributed by atoms with Crippen molar-refractivity contribution in [3.8, 4) is 0 Å². The maximum absolute atomic E-state index is 13.4. The SMILES string of the molecule is O=C(c1cc2n(n1)CCCN(C(=O)c1cccc3c1NCCC3)C2)N1CCCC1. The second-order valence-corrected chi connectivity index (χ2v) is 8.19. The van der Waals surface area contributed by atoms with Crippen LogP contribution in [-0.4, -0.2) is 57.6 Å². The van der Waals surface area contributed by atoms with E-state index in [0.717, 1.165) is 75.2 Å². The van der Waals surface area contributed by atoms with Gasteiger partial charge in [0.05, 0.1) is 23.5 Å². The summed E-state index contributed by atoms with van der Waals surface area (Å²) in [6, 6.07) is 7.88. The summed E-state index contributed by atoms with van der Waals surface area (Å²) < 4.78 is 1.91. The molecule has 0 spiro atoms. The van der Waals surface area contributed by atoms with Crippen LogP contribution < -0.4 is 5.32 Å². The Bertz CT molecular complexity index is 945. The standard InChI is InChI=1S/C22H27N5O2/c28-21(18-8-3-6-16-7-4-9-23-20(16)18)26-12-5-13-27-17(15-26)14-19(24-27)22(29)25-10-1-2-11-25/h3,6,8,14,23H,1-2,4-5,7,9-13,15H2. The van der Waals surface area contributed by atoms with Crippen molar-refractivity contribution in [2.45, 2.75) is 45.2 Å². The van der Waals surface area contributed by atoms with Gasteiger partial charge >= 0.3 is 0 Å². The van der Waals surface area contributed by atoms with E-state index in [0.29, 0.717) is 18.8 Å². The van der Waals surface area contributed by atoms with Crippen molar-refractivity contribution in [2.75, 3.05) is 31.5 Å². The number of para-hydroxylation sites is 1. The maximum Gasteiger partial charge on any atom is 0.274 e. The van der Waals surface area contributed by atoms with E-state index in [1.807, 2.05) is 32.7 Å². The first-order valence-corrected chi connectivity index (χ1v) is 10.7. The molecular formula is C22H27N5O2. The summed E-state index contributed by atoms with van der Waals surface area (Å²) in [6.45, 7) is 4.46. The van der Waals surface area contributed by atoms with E-state index in [2.05, 4.69) is 16.5 Å². The van der Waals surface area contributed by atoms with Crippen LogP contribution in [0, 0.1) is 0 Å². The molecule has 7 nitrogen and oxygen atoms in total. The van der Waals surface area contributed by atoms with Gasteiger partial charge in [0.2, 0.25) is 0 Å². The lowest BCUT2D eigenvalue weighted by atomic mass is 9.98. The maximum atomic E-state index is 13.4. The first-order valence-electron chi connectivity index (χ1n) is 10.7. The van der Waals surface area contributed by atoms with Gasteiger partial charge < -0.3 is 15.1 Å². The first-order chi connectivity index (χ1) is 14.2. The van der Waals surface area contributed by atoms with Crippen LogP contribution in [0.3, 0.4) is 0 Å². The summed E-state index contributed by atoms with van der Waals surface area (Å²) in [7, 11) is 0. The zero-order valence-electron chi connectivity index (χ0n) is 16.7. The predicted octanol–water partition coefficient (Wildman–Crippen LogP) is 2.52. The average molecular weight is 393 g/mol. The van der Waals surface area contributed by atoms with Crippen molar-refractivity contribution >= 4 is 17.5 Å². The van der Waals surface area contributed by atoms with Crippen LogP contribution in [0.25, 0.3) is 0 Å². The average Bonchev–Trinajstić information content (AvgIpc) is 3.39. The second kappa shape index (κ2) is 7.54. The van der Waals surface area contributed by atoms with E-state index in [1.165, 1.54) is 5.56 Å². The normalized spacial score (nSPS) is 18.6. The van der Waals surface area contributed by atoms with Crippen molar-refractivity contribution in [2.24, 2.45) is 0 Å². The highest BCUT2D eigenvalue weighted by Gasteiger charge is 2.27. The molecule has 29 heavy (non-hydrogen) atoms. The van der Waals surface area contributed by atoms with E-state index >= 15 is 0 Å². The lowest BCUT2D eigenvalue weighted by Gasteiger charge is -2.25. The minimum absolute atomic E-state index is 0.0160. The third-order valence-corrected chi connectivity index (χ3v) is 6.22. The molecule has 1 fully saturated rings. The van der Waals surface area contributed by atoms with Gasteiger partial charge in [0.1, 0.15) is 0 Å². The molecule has 0 saturated carbocycles. The molecule has 152 valence electrons. The van der Waals surface area contributed by atoms with Gasteiger partial charge in [0, 0.05) is 32.7 Å². The quantitative estimate of drug-likeness (QED) is 0.851. The fourth-order valence-corrected chi connectivity index (χ4v) is 4.68. The molecule has 0 bridgehead atoms. The molecule has 1 aromatic carbocycles. The van der Waals surface area contributed by atoms with Crippen molar-refractivity contribution in [3.63, 3.8) is 0 Å². The molecule has 3 aliphatic rings. The van der Waals surface area contributed by atoms with Gasteiger partial charge in [0.15, 0.2) is 5.69 Å². The van der Waals surface area contributed by atoms with E-state index in [-0.39, 0.29) is 11.8 Å². The Hall–Kier alpha value is -2.83. The van der Waals surface area contributed by atoms with Crippen LogP contribution in [0.15, 0.2) is 24.3 Å². The molecule has 1 aromatic heterocycles. The summed E-state index contributed by atoms with van der Waals surface area (Å²) >= 11 is 0. The van der Waals surface area contributed by atoms with E-state index < -0.39 is 0 Å². The van der Waals surface area contributed by atoms with Gasteiger partial charge in [-0.25, -0.2) is 0 Å². The molecule has 1 N–H and O–H groups in total. The number of nitrogens with one attached hydrogen (secondary N) is 1. The van der Waals surface area contributed by atoms with Crippen molar-refractivity contribution < 1.29 is 9.59 Å². The molecule has 3 aliphatic heterocycles. The lowest BCUT2D eigenvalue weighted by Crippen LogP contribution is -2.32. The van der Waals surface area contributed by atoms with E-state index in [1.54, 1.807) is 0 Å². The number of nitrogens with zero attached hydrogens (tertiary/aromatic N) is 4. The molecule has 0 radical (unpaired) electrons. The number of hydrogen-bond acceptors (Lipinski definition) is 4. The first kappa shape index (κ1) is 18.2. The minimum atomic E-state index is 0.0160. The number of amides is 2. The van der Waals surface area contributed by atoms with E-state index in [9.17, 15) is 9.59 Å². The van der Waals surface area contributed by atoms with Gasteiger partial charge in [-0.15, -0.1) is 0 Å². The third kappa shape index (κ3) is 3.39. The topological polar surface area (TPSA) is 70.5 Å². The van der Waals surface area contributed by atoms with Crippen molar-refractivity contribution in [1.29, 1.82) is 0 Å². The molecule has 7 heteroatoms. The van der Waals surface area contributed by atoms with Crippen LogP contribution in [0.5, 0.6) is 0 Å². The molecule has 4 heterocycles. The van der Waals surface area contributed by atoms with Crippen molar-refractivity contribution in [1.82, 2.24) is 19.6 Å². The molecular weight excluding hydrogens is 366 g/mol. The smallest absolute Gasteiger partial charge is 0.274 e. The number of carbonyl (C=O) groups excluding carboxylic acids is 2. The monoisotopic (exact) mass is 393 g/mol. The Morgan fingerprint density at radius 3 is 2.62 bits per heavy atom. The highest BCUT2D eigenvalue weighted by Crippen LogP contribution is 2.28. The van der Waals surface area contributed by atoms with Crippen LogP contribution >= 0.6 is 0 Å². The fraction of sp³-hybridized carbons (Fsp3) is 0.500. The minimum Gasteiger partial charge on any atom is -0.384 e. The van der Waals surface area contributed by atoms with Crippen LogP contribution in [0.1, 0.15) is 57.8 Å². The number of aromatic nitrogens is 2. The summed E-state index contributed by atoms with van der Waals surface area (Å²) in [5.74, 6) is 0.0700.